The van der Waals surface area contributed by atoms with Gasteiger partial charge in [0.2, 0.25) is 0 Å². The second-order valence-corrected chi connectivity index (χ2v) is 6.67. The largest absolute Gasteiger partial charge is 0.318 e. The Kier molecular flexibility index (Phi) is 5.76. The van der Waals surface area contributed by atoms with Gasteiger partial charge in [-0.25, -0.2) is 14.2 Å². The van der Waals surface area contributed by atoms with Crippen LogP contribution in [0.2, 0.25) is 5.02 Å². The van der Waals surface area contributed by atoms with Crippen LogP contribution >= 0.6 is 11.6 Å². The summed E-state index contributed by atoms with van der Waals surface area (Å²) in [6, 6.07) is 11.6. The Morgan fingerprint density at radius 1 is 1.17 bits per heavy atom. The monoisotopic (exact) mass is 412 g/mol. The second-order valence-electron chi connectivity index (χ2n) is 6.27. The molecule has 8 heteroatoms. The van der Waals surface area contributed by atoms with Gasteiger partial charge in [-0.05, 0) is 56.3 Å². The van der Waals surface area contributed by atoms with Crippen LogP contribution in [-0.4, -0.2) is 16.7 Å². The van der Waals surface area contributed by atoms with E-state index in [1.807, 2.05) is 24.5 Å². The molecule has 0 atom stereocenters. The highest BCUT2D eigenvalue weighted by molar-refractivity contribution is 6.30. The van der Waals surface area contributed by atoms with Crippen molar-refractivity contribution in [1.82, 2.24) is 9.99 Å². The molecule has 0 unspecified atom stereocenters. The lowest BCUT2D eigenvalue weighted by Gasteiger charge is -2.10. The molecule has 0 aliphatic heterocycles. The predicted molar refractivity (Wildman–Crippen MR) is 106 cm³/mol. The van der Waals surface area contributed by atoms with Gasteiger partial charge in [-0.3, -0.25) is 4.79 Å². The van der Waals surface area contributed by atoms with Crippen molar-refractivity contribution >= 4 is 23.7 Å². The number of amides is 1. The third-order valence-corrected chi connectivity index (χ3v) is 4.63. The Hall–Kier alpha value is -3.50. The molecule has 0 aliphatic carbocycles. The topological polar surface area (TPSA) is 70.2 Å². The first kappa shape index (κ1) is 20.2. The number of benzene rings is 2. The summed E-state index contributed by atoms with van der Waals surface area (Å²) in [7, 11) is 0. The fourth-order valence-corrected chi connectivity index (χ4v) is 3.10. The number of hydrazone groups is 1. The van der Waals surface area contributed by atoms with Crippen LogP contribution in [0.25, 0.3) is 5.69 Å². The highest BCUT2D eigenvalue weighted by Gasteiger charge is 2.13. The van der Waals surface area contributed by atoms with Gasteiger partial charge in [-0.2, -0.15) is 10.4 Å². The van der Waals surface area contributed by atoms with Crippen molar-refractivity contribution in [2.24, 2.45) is 5.10 Å². The number of aromatic nitrogens is 1. The predicted octanol–water partition coefficient (Wildman–Crippen LogP) is 4.66. The van der Waals surface area contributed by atoms with E-state index in [1.54, 1.807) is 12.1 Å². The zero-order valence-electron chi connectivity index (χ0n) is 15.5. The molecule has 29 heavy (non-hydrogen) atoms. The van der Waals surface area contributed by atoms with Crippen LogP contribution in [0.4, 0.5) is 8.78 Å². The van der Waals surface area contributed by atoms with Crippen molar-refractivity contribution in [3.63, 3.8) is 0 Å². The Labute approximate surface area is 170 Å². The number of carbonyl (C=O) groups is 1. The number of aryl methyl sites for hydroxylation is 1. The minimum absolute atomic E-state index is 0.0157. The van der Waals surface area contributed by atoms with E-state index in [9.17, 15) is 13.6 Å². The Bertz CT molecular complexity index is 1180. The molecule has 0 bridgehead atoms. The molecule has 0 saturated heterocycles. The summed E-state index contributed by atoms with van der Waals surface area (Å²) >= 11 is 5.87. The van der Waals surface area contributed by atoms with E-state index in [0.29, 0.717) is 11.3 Å². The summed E-state index contributed by atoms with van der Waals surface area (Å²) in [6.07, 6.45) is 1.43. The molecular weight excluding hydrogens is 398 g/mol. The van der Waals surface area contributed by atoms with Gasteiger partial charge in [0.05, 0.1) is 28.4 Å². The molecule has 1 aromatic heterocycles. The summed E-state index contributed by atoms with van der Waals surface area (Å²) in [6.45, 7) is 3.71. The number of hydrogen-bond acceptors (Lipinski definition) is 3. The van der Waals surface area contributed by atoms with Gasteiger partial charge >= 0.3 is 0 Å². The van der Waals surface area contributed by atoms with Crippen LogP contribution in [0.1, 0.15) is 32.9 Å². The second kappa shape index (κ2) is 8.25. The smallest absolute Gasteiger partial charge is 0.274 e. The van der Waals surface area contributed by atoms with Crippen molar-refractivity contribution < 1.29 is 13.6 Å². The first-order valence-corrected chi connectivity index (χ1v) is 8.87. The molecule has 2 aromatic carbocycles. The number of nitriles is 1. The number of nitrogens with zero attached hydrogens (tertiary/aromatic N) is 3. The molecule has 1 heterocycles. The number of carbonyl (C=O) groups excluding carboxylic acids is 1. The zero-order valence-corrected chi connectivity index (χ0v) is 16.3. The van der Waals surface area contributed by atoms with Gasteiger partial charge in [0.25, 0.3) is 5.91 Å². The maximum atomic E-state index is 13.9. The van der Waals surface area contributed by atoms with Crippen LogP contribution in [0.15, 0.2) is 47.6 Å². The minimum Gasteiger partial charge on any atom is -0.318 e. The summed E-state index contributed by atoms with van der Waals surface area (Å²) in [5, 5.41) is 12.7. The molecule has 0 aliphatic rings. The molecule has 0 spiro atoms. The van der Waals surface area contributed by atoms with Crippen LogP contribution in [0, 0.1) is 36.8 Å². The van der Waals surface area contributed by atoms with E-state index in [4.69, 9.17) is 16.9 Å². The van der Waals surface area contributed by atoms with Gasteiger partial charge in [-0.1, -0.05) is 11.6 Å². The normalized spacial score (nSPS) is 10.9. The van der Waals surface area contributed by atoms with Crippen LogP contribution in [0.5, 0.6) is 0 Å². The Morgan fingerprint density at radius 2 is 1.93 bits per heavy atom. The van der Waals surface area contributed by atoms with Gasteiger partial charge in [0.15, 0.2) is 0 Å². The molecule has 1 amide bonds. The molecule has 1 N–H and O–H groups in total. The van der Waals surface area contributed by atoms with Gasteiger partial charge in [-0.15, -0.1) is 0 Å². The molecule has 0 radical (unpaired) electrons. The van der Waals surface area contributed by atoms with Crippen LogP contribution < -0.4 is 5.43 Å². The minimum atomic E-state index is -0.803. The summed E-state index contributed by atoms with van der Waals surface area (Å²) in [5.41, 5.74) is 5.23. The van der Waals surface area contributed by atoms with Crippen molar-refractivity contribution in [3.8, 4) is 11.8 Å². The highest BCUT2D eigenvalue weighted by atomic mass is 35.5. The van der Waals surface area contributed by atoms with E-state index >= 15 is 0 Å². The third-order valence-electron chi connectivity index (χ3n) is 4.34. The SMILES string of the molecule is Cc1cc(/C=N/NC(=O)c2ccc(C#N)cc2F)c(C)n1-c1ccc(F)c(Cl)c1. The molecule has 146 valence electrons. The Morgan fingerprint density at radius 3 is 2.59 bits per heavy atom. The van der Waals surface area contributed by atoms with Crippen molar-refractivity contribution in [2.45, 2.75) is 13.8 Å². The van der Waals surface area contributed by atoms with Crippen molar-refractivity contribution in [2.75, 3.05) is 0 Å². The first-order valence-electron chi connectivity index (χ1n) is 8.49. The van der Waals surface area contributed by atoms with Crippen LogP contribution in [-0.2, 0) is 0 Å². The molecule has 5 nitrogen and oxygen atoms in total. The molecular formula is C21H15ClF2N4O. The fraction of sp³-hybridized carbons (Fsp3) is 0.0952. The lowest BCUT2D eigenvalue weighted by Crippen LogP contribution is -2.19. The number of nitrogens with one attached hydrogen (secondary N) is 1. The van der Waals surface area contributed by atoms with E-state index < -0.39 is 17.5 Å². The molecule has 3 aromatic rings. The number of halogens is 3. The fourth-order valence-electron chi connectivity index (χ4n) is 2.93. The standard InChI is InChI=1S/C21H15ClF2N4O/c1-12-7-15(13(2)28(12)16-4-6-19(23)18(22)9-16)11-26-27-21(29)17-5-3-14(10-25)8-20(17)24/h3-9,11H,1-2H3,(H,27,29)/b26-11+. The number of rotatable bonds is 4. The first-order chi connectivity index (χ1) is 13.8. The average Bonchev–Trinajstić information content (AvgIpc) is 2.97. The molecule has 3 rings (SSSR count). The third kappa shape index (κ3) is 4.18. The lowest BCUT2D eigenvalue weighted by molar-refractivity contribution is 0.0951. The zero-order chi connectivity index (χ0) is 21.1. The molecule has 0 saturated carbocycles. The van der Waals surface area contributed by atoms with Gasteiger partial charge < -0.3 is 4.57 Å². The maximum absolute atomic E-state index is 13.9. The summed E-state index contributed by atoms with van der Waals surface area (Å²) in [4.78, 5) is 12.1. The van der Waals surface area contributed by atoms with E-state index in [1.165, 1.54) is 30.5 Å². The lowest BCUT2D eigenvalue weighted by atomic mass is 10.1. The summed E-state index contributed by atoms with van der Waals surface area (Å²) in [5.74, 6) is -2.04. The quantitative estimate of drug-likeness (QED) is 0.500. The number of hydrogen-bond donors (Lipinski definition) is 1. The van der Waals surface area contributed by atoms with E-state index in [0.717, 1.165) is 17.5 Å². The average molecular weight is 413 g/mol. The van der Waals surface area contributed by atoms with Gasteiger partial charge in [0, 0.05) is 22.6 Å². The van der Waals surface area contributed by atoms with Gasteiger partial charge in [0.1, 0.15) is 11.6 Å². The maximum Gasteiger partial charge on any atom is 0.274 e. The van der Waals surface area contributed by atoms with E-state index in [2.05, 4.69) is 10.5 Å². The highest BCUT2D eigenvalue weighted by Crippen LogP contribution is 2.24. The van der Waals surface area contributed by atoms with Crippen LogP contribution in [0.3, 0.4) is 0 Å². The summed E-state index contributed by atoms with van der Waals surface area (Å²) < 4.78 is 29.2. The van der Waals surface area contributed by atoms with Crippen molar-refractivity contribution in [1.29, 1.82) is 5.26 Å². The van der Waals surface area contributed by atoms with Crippen molar-refractivity contribution in [3.05, 3.63) is 87.2 Å². The van der Waals surface area contributed by atoms with E-state index in [-0.39, 0.29) is 16.1 Å². The molecule has 0 fully saturated rings. The Balaban J connectivity index is 1.80.